The lowest BCUT2D eigenvalue weighted by Gasteiger charge is -2.06. The molecular weight excluding hydrogens is 405 g/mol. The first-order valence-electron chi connectivity index (χ1n) is 6.32. The van der Waals surface area contributed by atoms with E-state index in [0.29, 0.717) is 0 Å². The number of nitrogens with zero attached hydrogens (tertiary/aromatic N) is 1. The van der Waals surface area contributed by atoms with Crippen molar-refractivity contribution in [1.29, 1.82) is 0 Å². The van der Waals surface area contributed by atoms with Crippen molar-refractivity contribution in [3.63, 3.8) is 0 Å². The number of hydrogen-bond acceptors (Lipinski definition) is 3. The van der Waals surface area contributed by atoms with Gasteiger partial charge in [-0.25, -0.2) is 5.43 Å². The summed E-state index contributed by atoms with van der Waals surface area (Å²) in [6.07, 6.45) is 1.42. The molecule has 2 rings (SSSR count). The minimum absolute atomic E-state index is 0.159. The average molecular weight is 415 g/mol. The van der Waals surface area contributed by atoms with Crippen molar-refractivity contribution in [2.24, 2.45) is 5.10 Å². The molecule has 8 heteroatoms. The fourth-order valence-electron chi connectivity index (χ4n) is 1.57. The van der Waals surface area contributed by atoms with Crippen molar-refractivity contribution in [2.75, 3.05) is 5.32 Å². The van der Waals surface area contributed by atoms with E-state index in [0.717, 1.165) is 10.0 Å². The summed E-state index contributed by atoms with van der Waals surface area (Å²) in [6.45, 7) is 0. The molecule has 0 atom stereocenters. The second-order valence-electron chi connectivity index (χ2n) is 4.28. The van der Waals surface area contributed by atoms with Crippen LogP contribution in [-0.2, 0) is 9.59 Å². The summed E-state index contributed by atoms with van der Waals surface area (Å²) in [5.41, 5.74) is 3.13. The Morgan fingerprint density at radius 3 is 2.52 bits per heavy atom. The molecule has 0 aliphatic carbocycles. The third-order valence-electron chi connectivity index (χ3n) is 2.68. The van der Waals surface area contributed by atoms with E-state index in [4.69, 9.17) is 23.2 Å². The molecule has 0 aliphatic heterocycles. The minimum atomic E-state index is -0.927. The van der Waals surface area contributed by atoms with Crippen LogP contribution in [0.3, 0.4) is 0 Å². The lowest BCUT2D eigenvalue weighted by Crippen LogP contribution is -2.32. The normalized spacial score (nSPS) is 10.6. The number of anilines is 1. The lowest BCUT2D eigenvalue weighted by molar-refractivity contribution is -0.136. The Morgan fingerprint density at radius 2 is 1.78 bits per heavy atom. The highest BCUT2D eigenvalue weighted by molar-refractivity contribution is 9.10. The number of benzene rings is 2. The van der Waals surface area contributed by atoms with Gasteiger partial charge < -0.3 is 5.32 Å². The maximum Gasteiger partial charge on any atom is 0.329 e. The van der Waals surface area contributed by atoms with Gasteiger partial charge in [0, 0.05) is 10.0 Å². The van der Waals surface area contributed by atoms with Crippen molar-refractivity contribution >= 4 is 62.8 Å². The summed E-state index contributed by atoms with van der Waals surface area (Å²) < 4.78 is 0.813. The smallest absolute Gasteiger partial charge is 0.316 e. The summed E-state index contributed by atoms with van der Waals surface area (Å²) >= 11 is 15.1. The van der Waals surface area contributed by atoms with E-state index in [2.05, 4.69) is 31.8 Å². The van der Waals surface area contributed by atoms with Gasteiger partial charge in [0.15, 0.2) is 0 Å². The molecule has 23 heavy (non-hydrogen) atoms. The van der Waals surface area contributed by atoms with Crippen LogP contribution in [0.4, 0.5) is 5.69 Å². The van der Waals surface area contributed by atoms with Gasteiger partial charge in [-0.15, -0.1) is 0 Å². The number of hydrazone groups is 1. The largest absolute Gasteiger partial charge is 0.329 e. The predicted octanol–water partition coefficient (Wildman–Crippen LogP) is 3.84. The number of carbonyl (C=O) groups excluding carboxylic acids is 2. The van der Waals surface area contributed by atoms with Crippen LogP contribution in [0.2, 0.25) is 10.0 Å². The Balaban J connectivity index is 1.97. The molecule has 0 saturated carbocycles. The highest BCUT2D eigenvalue weighted by Gasteiger charge is 2.15. The summed E-state index contributed by atoms with van der Waals surface area (Å²) in [5.74, 6) is -1.83. The van der Waals surface area contributed by atoms with Crippen LogP contribution < -0.4 is 10.7 Å². The summed E-state index contributed by atoms with van der Waals surface area (Å²) in [6, 6.07) is 12.0. The number of halogens is 3. The topological polar surface area (TPSA) is 70.6 Å². The molecule has 0 saturated heterocycles. The number of amides is 2. The summed E-state index contributed by atoms with van der Waals surface area (Å²) in [4.78, 5) is 23.5. The fraction of sp³-hybridized carbons (Fsp3) is 0. The van der Waals surface area contributed by atoms with E-state index in [1.165, 1.54) is 12.3 Å². The molecule has 0 aromatic heterocycles. The van der Waals surface area contributed by atoms with Crippen molar-refractivity contribution in [2.45, 2.75) is 0 Å². The molecule has 5 nitrogen and oxygen atoms in total. The van der Waals surface area contributed by atoms with Gasteiger partial charge in [-0.1, -0.05) is 63.4 Å². The molecule has 0 spiro atoms. The Hall–Kier alpha value is -1.89. The molecule has 2 N–H and O–H groups in total. The zero-order valence-corrected chi connectivity index (χ0v) is 14.6. The van der Waals surface area contributed by atoms with Crippen LogP contribution in [0.15, 0.2) is 52.0 Å². The Kier molecular flexibility index (Phi) is 6.15. The van der Waals surface area contributed by atoms with Gasteiger partial charge >= 0.3 is 11.8 Å². The van der Waals surface area contributed by atoms with Crippen molar-refractivity contribution < 1.29 is 9.59 Å². The zero-order chi connectivity index (χ0) is 16.8. The molecule has 0 unspecified atom stereocenters. The van der Waals surface area contributed by atoms with E-state index < -0.39 is 11.8 Å². The molecule has 0 radical (unpaired) electrons. The molecule has 118 valence electrons. The van der Waals surface area contributed by atoms with Crippen LogP contribution in [0.1, 0.15) is 5.56 Å². The fourth-order valence-corrected chi connectivity index (χ4v) is 2.31. The van der Waals surface area contributed by atoms with Crippen LogP contribution in [-0.4, -0.2) is 18.0 Å². The maximum atomic E-state index is 11.8. The van der Waals surface area contributed by atoms with Crippen LogP contribution in [0.5, 0.6) is 0 Å². The third kappa shape index (κ3) is 4.79. The summed E-state index contributed by atoms with van der Waals surface area (Å²) in [7, 11) is 0. The first kappa shape index (κ1) is 17.5. The monoisotopic (exact) mass is 413 g/mol. The second-order valence-corrected chi connectivity index (χ2v) is 5.92. The van der Waals surface area contributed by atoms with Gasteiger partial charge in [-0.05, 0) is 18.2 Å². The van der Waals surface area contributed by atoms with E-state index >= 15 is 0 Å². The van der Waals surface area contributed by atoms with Gasteiger partial charge in [0.25, 0.3) is 0 Å². The first-order valence-corrected chi connectivity index (χ1v) is 7.87. The maximum absolute atomic E-state index is 11.8. The Bertz CT molecular complexity index is 781. The number of hydrogen-bond donors (Lipinski definition) is 2. The quantitative estimate of drug-likeness (QED) is 0.455. The SMILES string of the molecule is O=C(N/N=C\c1ccccc1Br)C(=O)Nc1cccc(Cl)c1Cl. The van der Waals surface area contributed by atoms with Gasteiger partial charge in [0.1, 0.15) is 0 Å². The van der Waals surface area contributed by atoms with Crippen molar-refractivity contribution in [3.05, 3.63) is 62.5 Å². The highest BCUT2D eigenvalue weighted by atomic mass is 79.9. The number of carbonyl (C=O) groups is 2. The van der Waals surface area contributed by atoms with E-state index in [-0.39, 0.29) is 15.7 Å². The first-order chi connectivity index (χ1) is 11.0. The molecule has 0 bridgehead atoms. The van der Waals surface area contributed by atoms with Gasteiger partial charge in [0.2, 0.25) is 0 Å². The van der Waals surface area contributed by atoms with Gasteiger partial charge in [-0.3, -0.25) is 9.59 Å². The summed E-state index contributed by atoms with van der Waals surface area (Å²) in [5, 5.41) is 6.53. The third-order valence-corrected chi connectivity index (χ3v) is 4.22. The highest BCUT2D eigenvalue weighted by Crippen LogP contribution is 2.29. The van der Waals surface area contributed by atoms with Crippen LogP contribution >= 0.6 is 39.1 Å². The van der Waals surface area contributed by atoms with Gasteiger partial charge in [0.05, 0.1) is 21.9 Å². The Morgan fingerprint density at radius 1 is 1.04 bits per heavy atom. The zero-order valence-electron chi connectivity index (χ0n) is 11.5. The van der Waals surface area contributed by atoms with Crippen LogP contribution in [0, 0.1) is 0 Å². The molecule has 2 aromatic carbocycles. The standard InChI is InChI=1S/C15H10BrCl2N3O2/c16-10-5-2-1-4-9(10)8-19-21-15(23)14(22)20-12-7-3-6-11(17)13(12)18/h1-8H,(H,20,22)(H,21,23)/b19-8-. The molecule has 0 aliphatic rings. The Labute approximate surface area is 150 Å². The second kappa shape index (κ2) is 8.10. The molecule has 0 fully saturated rings. The van der Waals surface area contributed by atoms with Crippen molar-refractivity contribution in [3.8, 4) is 0 Å². The van der Waals surface area contributed by atoms with Gasteiger partial charge in [-0.2, -0.15) is 5.10 Å². The van der Waals surface area contributed by atoms with E-state index in [1.54, 1.807) is 18.2 Å². The number of nitrogens with one attached hydrogen (secondary N) is 2. The van der Waals surface area contributed by atoms with Crippen LogP contribution in [0.25, 0.3) is 0 Å². The number of rotatable bonds is 3. The molecule has 2 aromatic rings. The minimum Gasteiger partial charge on any atom is -0.316 e. The lowest BCUT2D eigenvalue weighted by atomic mass is 10.2. The molecular formula is C15H10BrCl2N3O2. The van der Waals surface area contributed by atoms with E-state index in [9.17, 15) is 9.59 Å². The molecule has 0 heterocycles. The predicted molar refractivity (Wildman–Crippen MR) is 95.0 cm³/mol. The average Bonchev–Trinajstić information content (AvgIpc) is 2.53. The van der Waals surface area contributed by atoms with Crippen molar-refractivity contribution in [1.82, 2.24) is 5.43 Å². The molecule has 2 amide bonds. The van der Waals surface area contributed by atoms with E-state index in [1.807, 2.05) is 18.2 Å².